The van der Waals surface area contributed by atoms with Gasteiger partial charge in [-0.1, -0.05) is 24.3 Å². The van der Waals surface area contributed by atoms with Gasteiger partial charge < -0.3 is 14.6 Å². The zero-order chi connectivity index (χ0) is 18.4. The predicted molar refractivity (Wildman–Crippen MR) is 95.2 cm³/mol. The van der Waals surface area contributed by atoms with Crippen LogP contribution in [0, 0.1) is 5.82 Å². The molecule has 26 heavy (non-hydrogen) atoms. The molecule has 3 aromatic rings. The van der Waals surface area contributed by atoms with E-state index in [9.17, 15) is 14.3 Å². The third kappa shape index (κ3) is 4.77. The number of hydrogen-bond donors (Lipinski definition) is 0. The lowest BCUT2D eigenvalue weighted by Crippen LogP contribution is -2.21. The first-order valence-corrected chi connectivity index (χ1v) is 7.93. The van der Waals surface area contributed by atoms with Crippen LogP contribution < -0.4 is 9.84 Å². The fourth-order valence-electron chi connectivity index (χ4n) is 2.26. The minimum atomic E-state index is -1.23. The van der Waals surface area contributed by atoms with Crippen molar-refractivity contribution < 1.29 is 19.0 Å². The second-order valence-corrected chi connectivity index (χ2v) is 5.58. The zero-order valence-electron chi connectivity index (χ0n) is 13.8. The Balaban J connectivity index is 1.61. The topological polar surface area (TPSA) is 61.7 Å². The Morgan fingerprint density at radius 3 is 2.46 bits per heavy atom. The number of carbonyl (C=O) groups is 1. The lowest BCUT2D eigenvalue weighted by Gasteiger charge is -2.06. The van der Waals surface area contributed by atoms with Crippen molar-refractivity contribution in [1.82, 2.24) is 0 Å². The summed E-state index contributed by atoms with van der Waals surface area (Å²) in [7, 11) is 0. The molecule has 0 atom stereocenters. The van der Waals surface area contributed by atoms with Crippen LogP contribution in [0.5, 0.6) is 5.75 Å². The van der Waals surface area contributed by atoms with Crippen molar-refractivity contribution in [2.75, 3.05) is 0 Å². The molecule has 0 aromatic heterocycles. The first kappa shape index (κ1) is 17.4. The van der Waals surface area contributed by atoms with Crippen LogP contribution >= 0.6 is 0 Å². The molecule has 0 heterocycles. The molecule has 4 nitrogen and oxygen atoms in total. The maximum absolute atomic E-state index is 12.9. The van der Waals surface area contributed by atoms with E-state index in [0.29, 0.717) is 18.0 Å². The van der Waals surface area contributed by atoms with Crippen molar-refractivity contribution >= 4 is 17.9 Å². The van der Waals surface area contributed by atoms with Crippen LogP contribution in [0.4, 0.5) is 10.1 Å². The Morgan fingerprint density at radius 1 is 1.04 bits per heavy atom. The molecule has 0 saturated heterocycles. The van der Waals surface area contributed by atoms with Gasteiger partial charge in [-0.05, 0) is 65.2 Å². The van der Waals surface area contributed by atoms with E-state index < -0.39 is 5.97 Å². The summed E-state index contributed by atoms with van der Waals surface area (Å²) in [6.45, 7) is 0.351. The van der Waals surface area contributed by atoms with Gasteiger partial charge in [0.1, 0.15) is 18.2 Å². The average molecular weight is 348 g/mol. The van der Waals surface area contributed by atoms with E-state index in [2.05, 4.69) is 4.99 Å². The first-order chi connectivity index (χ1) is 12.6. The van der Waals surface area contributed by atoms with Crippen LogP contribution in [0.15, 0.2) is 77.8 Å². The quantitative estimate of drug-likeness (QED) is 0.640. The zero-order valence-corrected chi connectivity index (χ0v) is 13.8. The highest BCUT2D eigenvalue weighted by Crippen LogP contribution is 2.16. The number of ether oxygens (including phenoxy) is 1. The molecular weight excluding hydrogens is 333 g/mol. The van der Waals surface area contributed by atoms with E-state index in [4.69, 9.17) is 4.74 Å². The maximum Gasteiger partial charge on any atom is 0.123 e. The Kier molecular flexibility index (Phi) is 5.39. The lowest BCUT2D eigenvalue weighted by molar-refractivity contribution is -0.255. The van der Waals surface area contributed by atoms with Crippen molar-refractivity contribution in [3.63, 3.8) is 0 Å². The van der Waals surface area contributed by atoms with Crippen LogP contribution in [0.2, 0.25) is 0 Å². The Hall–Kier alpha value is -3.47. The summed E-state index contributed by atoms with van der Waals surface area (Å²) in [5.41, 5.74) is 2.34. The molecule has 130 valence electrons. The number of hydrogen-bond acceptors (Lipinski definition) is 4. The molecule has 0 N–H and O–H groups in total. The minimum absolute atomic E-state index is 0.0872. The normalized spacial score (nSPS) is 10.8. The van der Waals surface area contributed by atoms with Crippen molar-refractivity contribution in [3.8, 4) is 5.75 Å². The molecule has 0 radical (unpaired) electrons. The van der Waals surface area contributed by atoms with E-state index in [0.717, 1.165) is 11.1 Å². The van der Waals surface area contributed by atoms with Gasteiger partial charge in [-0.15, -0.1) is 0 Å². The number of carboxylic acid groups (broad SMARTS) is 1. The SMILES string of the molecule is O=C([O-])c1cccc(N=Cc2ccc(OCc3ccc(F)cc3)cc2)c1. The Labute approximate surface area is 150 Å². The molecule has 0 saturated carbocycles. The first-order valence-electron chi connectivity index (χ1n) is 7.93. The Morgan fingerprint density at radius 2 is 1.77 bits per heavy atom. The summed E-state index contributed by atoms with van der Waals surface area (Å²) in [6, 6.07) is 19.7. The number of halogens is 1. The number of benzene rings is 3. The summed E-state index contributed by atoms with van der Waals surface area (Å²) in [5, 5.41) is 10.9. The summed E-state index contributed by atoms with van der Waals surface area (Å²) < 4.78 is 18.5. The molecule has 0 unspecified atom stereocenters. The second kappa shape index (κ2) is 8.07. The van der Waals surface area contributed by atoms with Crippen LogP contribution in [-0.2, 0) is 6.61 Å². The van der Waals surface area contributed by atoms with Crippen LogP contribution in [0.3, 0.4) is 0 Å². The van der Waals surface area contributed by atoms with Gasteiger partial charge in [-0.25, -0.2) is 4.39 Å². The fraction of sp³-hybridized carbons (Fsp3) is 0.0476. The average Bonchev–Trinajstić information content (AvgIpc) is 2.67. The molecule has 0 spiro atoms. The summed E-state index contributed by atoms with van der Waals surface area (Å²) in [5.74, 6) is -0.822. The van der Waals surface area contributed by atoms with Crippen molar-refractivity contribution in [2.24, 2.45) is 4.99 Å². The Bertz CT molecular complexity index is 919. The second-order valence-electron chi connectivity index (χ2n) is 5.58. The number of carboxylic acids is 1. The number of aliphatic imine (C=N–C) groups is 1. The standard InChI is InChI=1S/C21H16FNO3/c22-18-8-4-16(5-9-18)14-26-20-10-6-15(7-11-20)13-23-19-3-1-2-17(12-19)21(24)25/h1-13H,14H2,(H,24,25)/p-1. The molecule has 0 amide bonds. The van der Waals surface area contributed by atoms with Gasteiger partial charge in [0, 0.05) is 6.21 Å². The number of aromatic carboxylic acids is 1. The van der Waals surface area contributed by atoms with E-state index in [-0.39, 0.29) is 11.4 Å². The highest BCUT2D eigenvalue weighted by atomic mass is 19.1. The van der Waals surface area contributed by atoms with E-state index in [1.807, 2.05) is 24.3 Å². The molecule has 3 rings (SSSR count). The van der Waals surface area contributed by atoms with Gasteiger partial charge in [-0.3, -0.25) is 4.99 Å². The third-order valence-electron chi connectivity index (χ3n) is 3.64. The molecule has 5 heteroatoms. The summed E-state index contributed by atoms with van der Waals surface area (Å²) >= 11 is 0. The highest BCUT2D eigenvalue weighted by molar-refractivity contribution is 5.88. The van der Waals surface area contributed by atoms with Crippen molar-refractivity contribution in [1.29, 1.82) is 0 Å². The monoisotopic (exact) mass is 348 g/mol. The molecule has 0 bridgehead atoms. The van der Waals surface area contributed by atoms with Gasteiger partial charge in [0.05, 0.1) is 11.7 Å². The molecule has 0 aliphatic rings. The fourth-order valence-corrected chi connectivity index (χ4v) is 2.26. The molecule has 3 aromatic carbocycles. The molecule has 0 fully saturated rings. The van der Waals surface area contributed by atoms with E-state index >= 15 is 0 Å². The molecular formula is C21H15FNO3-. The smallest absolute Gasteiger partial charge is 0.123 e. The van der Waals surface area contributed by atoms with Gasteiger partial charge >= 0.3 is 0 Å². The van der Waals surface area contributed by atoms with Gasteiger partial charge in [0.15, 0.2) is 0 Å². The summed E-state index contributed by atoms with van der Waals surface area (Å²) in [4.78, 5) is 15.1. The van der Waals surface area contributed by atoms with E-state index in [1.54, 1.807) is 30.5 Å². The van der Waals surface area contributed by atoms with Gasteiger partial charge in [0.2, 0.25) is 0 Å². The van der Waals surface area contributed by atoms with Crippen molar-refractivity contribution in [3.05, 3.63) is 95.3 Å². The lowest BCUT2D eigenvalue weighted by atomic mass is 10.2. The minimum Gasteiger partial charge on any atom is -0.545 e. The molecule has 0 aliphatic carbocycles. The van der Waals surface area contributed by atoms with Crippen LogP contribution in [-0.4, -0.2) is 12.2 Å². The number of rotatable bonds is 6. The predicted octanol–water partition coefficient (Wildman–Crippen LogP) is 3.52. The van der Waals surface area contributed by atoms with Crippen LogP contribution in [0.25, 0.3) is 0 Å². The number of nitrogens with zero attached hydrogens (tertiary/aromatic N) is 1. The molecule has 0 aliphatic heterocycles. The van der Waals surface area contributed by atoms with Crippen molar-refractivity contribution in [2.45, 2.75) is 6.61 Å². The maximum atomic E-state index is 12.9. The largest absolute Gasteiger partial charge is 0.545 e. The highest BCUT2D eigenvalue weighted by Gasteiger charge is 1.98. The number of carbonyl (C=O) groups excluding carboxylic acids is 1. The van der Waals surface area contributed by atoms with E-state index in [1.165, 1.54) is 24.3 Å². The summed E-state index contributed by atoms with van der Waals surface area (Å²) in [6.07, 6.45) is 1.64. The van der Waals surface area contributed by atoms with Gasteiger partial charge in [-0.2, -0.15) is 0 Å². The van der Waals surface area contributed by atoms with Crippen LogP contribution in [0.1, 0.15) is 21.5 Å². The third-order valence-corrected chi connectivity index (χ3v) is 3.64. The van der Waals surface area contributed by atoms with Gasteiger partial charge in [0.25, 0.3) is 0 Å².